The molecule has 0 radical (unpaired) electrons. The molecule has 0 aliphatic carbocycles. The SMILES string of the molecule is [CH2-]CCCCCCCCC(=O)OC[C@@H](O)COP(=O)(O)OCC[N+](C)(C)C. The van der Waals surface area contributed by atoms with Crippen LogP contribution in [0, 0.1) is 6.92 Å². The Morgan fingerprint density at radius 2 is 1.63 bits per heavy atom. The smallest absolute Gasteiger partial charge is 0.463 e. The lowest BCUT2D eigenvalue weighted by Crippen LogP contribution is -2.37. The topological polar surface area (TPSA) is 102 Å². The van der Waals surface area contributed by atoms with Crippen molar-refractivity contribution in [2.24, 2.45) is 0 Å². The highest BCUT2D eigenvalue weighted by atomic mass is 31.2. The lowest BCUT2D eigenvalue weighted by molar-refractivity contribution is -0.870. The number of phosphoric ester groups is 1. The summed E-state index contributed by atoms with van der Waals surface area (Å²) < 4.78 is 26.8. The lowest BCUT2D eigenvalue weighted by atomic mass is 10.1. The molecule has 0 aliphatic rings. The van der Waals surface area contributed by atoms with Gasteiger partial charge in [0.1, 0.15) is 25.9 Å². The monoisotopic (exact) mass is 411 g/mol. The Morgan fingerprint density at radius 1 is 1.04 bits per heavy atom. The highest BCUT2D eigenvalue weighted by Crippen LogP contribution is 2.43. The molecule has 0 aromatic carbocycles. The summed E-state index contributed by atoms with van der Waals surface area (Å²) >= 11 is 0. The van der Waals surface area contributed by atoms with Crippen LogP contribution in [-0.2, 0) is 23.1 Å². The Bertz CT molecular complexity index is 440. The van der Waals surface area contributed by atoms with E-state index in [9.17, 15) is 19.4 Å². The van der Waals surface area contributed by atoms with Gasteiger partial charge in [0.05, 0.1) is 27.7 Å². The van der Waals surface area contributed by atoms with Gasteiger partial charge < -0.3 is 26.1 Å². The van der Waals surface area contributed by atoms with Crippen molar-refractivity contribution in [3.8, 4) is 0 Å². The van der Waals surface area contributed by atoms with E-state index in [0.29, 0.717) is 17.4 Å². The first-order valence-electron chi connectivity index (χ1n) is 9.61. The van der Waals surface area contributed by atoms with Crippen molar-refractivity contribution in [3.05, 3.63) is 6.92 Å². The van der Waals surface area contributed by atoms with Crippen LogP contribution in [0.3, 0.4) is 0 Å². The molecular formula is C18H38NO7P. The van der Waals surface area contributed by atoms with E-state index < -0.39 is 26.5 Å². The summed E-state index contributed by atoms with van der Waals surface area (Å²) in [7, 11) is 1.55. The van der Waals surface area contributed by atoms with Crippen molar-refractivity contribution >= 4 is 13.8 Å². The minimum atomic E-state index is -4.23. The number of carbonyl (C=O) groups excluding carboxylic acids is 1. The predicted octanol–water partition coefficient (Wildman–Crippen LogP) is 2.69. The molecule has 2 atom stereocenters. The first-order chi connectivity index (χ1) is 12.6. The standard InChI is InChI=1S/C18H38NO7P/c1-5-6-7-8-9-10-11-12-18(21)24-15-17(20)16-26-27(22,23)25-14-13-19(2,3)4/h17,20H,1,5-16H2,2-4H3,(H,22,23)/t17-/m1/s1. The molecule has 162 valence electrons. The summed E-state index contributed by atoms with van der Waals surface area (Å²) in [4.78, 5) is 21.1. The van der Waals surface area contributed by atoms with Gasteiger partial charge in [0.15, 0.2) is 0 Å². The Balaban J connectivity index is 3.75. The van der Waals surface area contributed by atoms with Gasteiger partial charge in [0, 0.05) is 6.42 Å². The number of aliphatic hydroxyl groups excluding tert-OH is 1. The van der Waals surface area contributed by atoms with Crippen LogP contribution in [0.2, 0.25) is 0 Å². The number of rotatable bonds is 17. The predicted molar refractivity (Wildman–Crippen MR) is 104 cm³/mol. The number of quaternary nitrogens is 1. The van der Waals surface area contributed by atoms with Crippen molar-refractivity contribution in [1.29, 1.82) is 0 Å². The fraction of sp³-hybridized carbons (Fsp3) is 0.889. The van der Waals surface area contributed by atoms with Gasteiger partial charge in [0.2, 0.25) is 0 Å². The van der Waals surface area contributed by atoms with E-state index in [0.717, 1.165) is 38.5 Å². The number of aliphatic hydroxyl groups is 1. The molecule has 0 fully saturated rings. The van der Waals surface area contributed by atoms with Crippen LogP contribution in [0.1, 0.15) is 51.4 Å². The van der Waals surface area contributed by atoms with Gasteiger partial charge in [0.25, 0.3) is 0 Å². The van der Waals surface area contributed by atoms with E-state index >= 15 is 0 Å². The van der Waals surface area contributed by atoms with E-state index in [1.165, 1.54) is 6.42 Å². The Kier molecular flexibility index (Phi) is 14.2. The second-order valence-electron chi connectivity index (χ2n) is 7.67. The molecule has 9 heteroatoms. The third kappa shape index (κ3) is 18.6. The maximum Gasteiger partial charge on any atom is 0.472 e. The molecule has 0 heterocycles. The number of esters is 1. The number of phosphoric acid groups is 1. The van der Waals surface area contributed by atoms with E-state index in [-0.39, 0.29) is 13.2 Å². The van der Waals surface area contributed by atoms with Gasteiger partial charge in [-0.15, -0.1) is 0 Å². The largest absolute Gasteiger partial charge is 0.472 e. The minimum absolute atomic E-state index is 0.0533. The molecule has 0 aromatic heterocycles. The van der Waals surface area contributed by atoms with Gasteiger partial charge in [-0.05, 0) is 6.42 Å². The average molecular weight is 411 g/mol. The minimum Gasteiger partial charge on any atom is -0.463 e. The Hall–Kier alpha value is -0.500. The highest BCUT2D eigenvalue weighted by molar-refractivity contribution is 7.47. The first-order valence-corrected chi connectivity index (χ1v) is 11.1. The number of hydrogen-bond acceptors (Lipinski definition) is 6. The van der Waals surface area contributed by atoms with Gasteiger partial charge in [-0.3, -0.25) is 13.8 Å². The van der Waals surface area contributed by atoms with Crippen LogP contribution in [-0.4, -0.2) is 74.1 Å². The fourth-order valence-corrected chi connectivity index (χ4v) is 2.86. The van der Waals surface area contributed by atoms with Crippen molar-refractivity contribution < 1.29 is 37.6 Å². The van der Waals surface area contributed by atoms with E-state index in [1.54, 1.807) is 0 Å². The maximum atomic E-state index is 11.7. The van der Waals surface area contributed by atoms with Gasteiger partial charge in [-0.25, -0.2) is 4.57 Å². The lowest BCUT2D eigenvalue weighted by Gasteiger charge is -2.24. The average Bonchev–Trinajstić information content (AvgIpc) is 2.56. The second-order valence-corrected chi connectivity index (χ2v) is 9.13. The van der Waals surface area contributed by atoms with Crippen LogP contribution in [0.25, 0.3) is 0 Å². The van der Waals surface area contributed by atoms with E-state index in [2.05, 4.69) is 6.92 Å². The summed E-state index contributed by atoms with van der Waals surface area (Å²) in [5, 5.41) is 9.71. The first kappa shape index (κ1) is 26.5. The third-order valence-electron chi connectivity index (χ3n) is 3.76. The van der Waals surface area contributed by atoms with Crippen molar-refractivity contribution in [3.63, 3.8) is 0 Å². The maximum absolute atomic E-state index is 11.7. The van der Waals surface area contributed by atoms with Crippen LogP contribution in [0.4, 0.5) is 0 Å². The second kappa shape index (κ2) is 14.5. The molecule has 0 amide bonds. The third-order valence-corrected chi connectivity index (χ3v) is 4.75. The van der Waals surface area contributed by atoms with Crippen LogP contribution in [0.5, 0.6) is 0 Å². The normalized spacial score (nSPS) is 15.3. The van der Waals surface area contributed by atoms with E-state index in [4.69, 9.17) is 13.8 Å². The summed E-state index contributed by atoms with van der Waals surface area (Å²) in [6.07, 6.45) is 6.36. The highest BCUT2D eigenvalue weighted by Gasteiger charge is 2.24. The zero-order valence-electron chi connectivity index (χ0n) is 17.1. The molecule has 0 bridgehead atoms. The Labute approximate surface area is 164 Å². The molecule has 27 heavy (non-hydrogen) atoms. The number of nitrogens with zero attached hydrogens (tertiary/aromatic N) is 1. The van der Waals surface area contributed by atoms with Crippen LogP contribution in [0.15, 0.2) is 0 Å². The summed E-state index contributed by atoms with van der Waals surface area (Å²) in [5.74, 6) is -0.391. The van der Waals surface area contributed by atoms with Crippen molar-refractivity contribution in [2.75, 3.05) is 47.5 Å². The van der Waals surface area contributed by atoms with Gasteiger partial charge in [-0.2, -0.15) is 6.42 Å². The molecule has 8 nitrogen and oxygen atoms in total. The molecule has 0 rings (SSSR count). The molecule has 0 aliphatic heterocycles. The number of ether oxygens (including phenoxy) is 1. The molecular weight excluding hydrogens is 373 g/mol. The van der Waals surface area contributed by atoms with Gasteiger partial charge in [-0.1, -0.05) is 32.1 Å². The van der Waals surface area contributed by atoms with Gasteiger partial charge >= 0.3 is 13.8 Å². The fourth-order valence-electron chi connectivity index (χ4n) is 2.11. The van der Waals surface area contributed by atoms with Crippen molar-refractivity contribution in [1.82, 2.24) is 0 Å². The molecule has 2 N–H and O–H groups in total. The molecule has 0 aromatic rings. The molecule has 0 saturated heterocycles. The van der Waals surface area contributed by atoms with Crippen LogP contribution < -0.4 is 0 Å². The van der Waals surface area contributed by atoms with Crippen LogP contribution >= 0.6 is 7.82 Å². The van der Waals surface area contributed by atoms with Crippen molar-refractivity contribution in [2.45, 2.75) is 57.5 Å². The quantitative estimate of drug-likeness (QED) is 0.125. The zero-order valence-corrected chi connectivity index (χ0v) is 18.0. The Morgan fingerprint density at radius 3 is 2.22 bits per heavy atom. The molecule has 0 saturated carbocycles. The number of unbranched alkanes of at least 4 members (excludes halogenated alkanes) is 6. The number of likely N-dealkylation sites (N-methyl/N-ethyl adjacent to an activating group) is 1. The summed E-state index contributed by atoms with van der Waals surface area (Å²) in [5.41, 5.74) is 0. The zero-order chi connectivity index (χ0) is 20.8. The number of hydrogen-bond donors (Lipinski definition) is 2. The number of carbonyl (C=O) groups is 1. The molecule has 0 spiro atoms. The molecule has 1 unspecified atom stereocenters. The van der Waals surface area contributed by atoms with E-state index in [1.807, 2.05) is 21.1 Å². The summed E-state index contributed by atoms with van der Waals surface area (Å²) in [6, 6.07) is 0. The summed E-state index contributed by atoms with van der Waals surface area (Å²) in [6.45, 7) is 3.66.